The summed E-state index contributed by atoms with van der Waals surface area (Å²) in [7, 11) is 0. The van der Waals surface area contributed by atoms with Gasteiger partial charge < -0.3 is 0 Å². The Labute approximate surface area is 184 Å². The van der Waals surface area contributed by atoms with E-state index < -0.39 is 0 Å². The van der Waals surface area contributed by atoms with Crippen molar-refractivity contribution in [3.63, 3.8) is 0 Å². The average molecular weight is 413 g/mol. The zero-order valence-corrected chi connectivity index (χ0v) is 20.1. The fourth-order valence-electron chi connectivity index (χ4n) is 4.34. The zero-order chi connectivity index (χ0) is 21.8. The molecule has 0 unspecified atom stereocenters. The van der Waals surface area contributed by atoms with Crippen LogP contribution < -0.4 is 0 Å². The highest BCUT2D eigenvalue weighted by Gasteiger charge is 2.16. The molecule has 0 aliphatic rings. The quantitative estimate of drug-likeness (QED) is 0.240. The zero-order valence-electron chi connectivity index (χ0n) is 19.3. The number of rotatable bonds is 1. The molecule has 0 nitrogen and oxygen atoms in total. The predicted molar refractivity (Wildman–Crippen MR) is 141 cm³/mol. The van der Waals surface area contributed by atoms with Crippen LogP contribution in [0.2, 0.25) is 0 Å². The molecule has 30 heavy (non-hydrogen) atoms. The first-order valence-electron chi connectivity index (χ1n) is 11.1. The molecule has 1 heterocycles. The van der Waals surface area contributed by atoms with E-state index in [9.17, 15) is 0 Å². The number of hydrogen-bond donors (Lipinski definition) is 0. The van der Waals surface area contributed by atoms with Crippen LogP contribution in [0.3, 0.4) is 0 Å². The molecule has 0 aliphatic heterocycles. The number of allylic oxidation sites excluding steroid dienone is 1. The van der Waals surface area contributed by atoms with Crippen molar-refractivity contribution in [2.45, 2.75) is 48.5 Å². The molecule has 0 atom stereocenters. The molecule has 0 amide bonds. The Balaban J connectivity index is 0.000000606. The first kappa shape index (κ1) is 22.1. The van der Waals surface area contributed by atoms with Gasteiger partial charge in [-0.1, -0.05) is 88.4 Å². The number of benzene rings is 4. The summed E-state index contributed by atoms with van der Waals surface area (Å²) in [5, 5.41) is 9.61. The van der Waals surface area contributed by atoms with Gasteiger partial charge in [-0.25, -0.2) is 0 Å². The van der Waals surface area contributed by atoms with Crippen LogP contribution in [0.25, 0.3) is 48.5 Å². The monoisotopic (exact) mass is 412 g/mol. The fraction of sp³-hybridized carbons (Fsp3) is 0.241. The molecule has 0 saturated heterocycles. The third kappa shape index (κ3) is 3.42. The van der Waals surface area contributed by atoms with Crippen molar-refractivity contribution in [1.82, 2.24) is 0 Å². The van der Waals surface area contributed by atoms with E-state index in [1.807, 2.05) is 39.0 Å². The molecule has 5 rings (SSSR count). The summed E-state index contributed by atoms with van der Waals surface area (Å²) in [4.78, 5) is 1.37. The van der Waals surface area contributed by atoms with Crippen LogP contribution in [0.15, 0.2) is 60.7 Å². The van der Waals surface area contributed by atoms with Gasteiger partial charge in [-0.3, -0.25) is 0 Å². The second-order valence-electron chi connectivity index (χ2n) is 7.00. The Morgan fingerprint density at radius 1 is 0.667 bits per heavy atom. The van der Waals surface area contributed by atoms with Crippen LogP contribution in [-0.4, -0.2) is 0 Å². The molecular formula is C29H32S. The summed E-state index contributed by atoms with van der Waals surface area (Å²) in [6.45, 7) is 14.6. The van der Waals surface area contributed by atoms with Gasteiger partial charge in [0, 0.05) is 15.0 Å². The van der Waals surface area contributed by atoms with E-state index in [1.165, 1.54) is 58.4 Å². The summed E-state index contributed by atoms with van der Waals surface area (Å²) in [5.74, 6) is 0. The molecule has 0 fully saturated rings. The van der Waals surface area contributed by atoms with Gasteiger partial charge in [0.2, 0.25) is 0 Å². The smallest absolute Gasteiger partial charge is 0.0439 e. The summed E-state index contributed by atoms with van der Waals surface area (Å²) < 4.78 is 1.42. The summed E-state index contributed by atoms with van der Waals surface area (Å²) in [5.41, 5.74) is 2.78. The molecule has 1 heteroatoms. The largest absolute Gasteiger partial charge is 0.135 e. The molecule has 0 bridgehead atoms. The maximum Gasteiger partial charge on any atom is 0.0439 e. The molecule has 0 saturated carbocycles. The Morgan fingerprint density at radius 3 is 1.73 bits per heavy atom. The highest BCUT2D eigenvalue weighted by molar-refractivity contribution is 7.21. The molecule has 0 radical (unpaired) electrons. The van der Waals surface area contributed by atoms with E-state index in [4.69, 9.17) is 0 Å². The van der Waals surface area contributed by atoms with Crippen molar-refractivity contribution in [2.24, 2.45) is 0 Å². The molecule has 0 aliphatic carbocycles. The lowest BCUT2D eigenvalue weighted by Gasteiger charge is -2.12. The van der Waals surface area contributed by atoms with E-state index in [0.717, 1.165) is 0 Å². The SMILES string of the molecule is C/C=C\c1sc2c(c(C)cc3c4ccccc4c4ccccc4c32)c1C.CC.CC. The highest BCUT2D eigenvalue weighted by atomic mass is 32.1. The normalized spacial score (nSPS) is 11.0. The van der Waals surface area contributed by atoms with Crippen molar-refractivity contribution < 1.29 is 0 Å². The number of hydrogen-bond acceptors (Lipinski definition) is 1. The van der Waals surface area contributed by atoms with E-state index in [0.29, 0.717) is 0 Å². The fourth-order valence-corrected chi connectivity index (χ4v) is 5.76. The molecule has 5 aromatic rings. The molecule has 0 N–H and O–H groups in total. The van der Waals surface area contributed by atoms with Crippen LogP contribution in [-0.2, 0) is 0 Å². The van der Waals surface area contributed by atoms with E-state index in [1.54, 1.807) is 0 Å². The first-order valence-corrected chi connectivity index (χ1v) is 11.9. The van der Waals surface area contributed by atoms with Crippen molar-refractivity contribution in [3.05, 3.63) is 76.7 Å². The summed E-state index contributed by atoms with van der Waals surface area (Å²) in [6, 6.07) is 20.1. The second kappa shape index (κ2) is 9.45. The van der Waals surface area contributed by atoms with Gasteiger partial charge in [-0.05, 0) is 70.3 Å². The molecule has 4 aromatic carbocycles. The summed E-state index contributed by atoms with van der Waals surface area (Å²) in [6.07, 6.45) is 4.39. The van der Waals surface area contributed by atoms with Crippen molar-refractivity contribution >= 4 is 59.8 Å². The van der Waals surface area contributed by atoms with Gasteiger partial charge in [0.1, 0.15) is 0 Å². The predicted octanol–water partition coefficient (Wildman–Crippen LogP) is 10.1. The van der Waals surface area contributed by atoms with E-state index >= 15 is 0 Å². The third-order valence-corrected chi connectivity index (χ3v) is 6.73. The molecule has 0 spiro atoms. The van der Waals surface area contributed by atoms with E-state index in [-0.39, 0.29) is 0 Å². The Kier molecular flexibility index (Phi) is 6.95. The first-order chi connectivity index (χ1) is 14.7. The second-order valence-corrected chi connectivity index (χ2v) is 8.05. The molecule has 154 valence electrons. The van der Waals surface area contributed by atoms with Gasteiger partial charge in [-0.15, -0.1) is 11.3 Å². The van der Waals surface area contributed by atoms with Gasteiger partial charge >= 0.3 is 0 Å². The van der Waals surface area contributed by atoms with Crippen LogP contribution in [0.4, 0.5) is 0 Å². The third-order valence-electron chi connectivity index (χ3n) is 5.46. The van der Waals surface area contributed by atoms with Crippen molar-refractivity contribution in [2.75, 3.05) is 0 Å². The van der Waals surface area contributed by atoms with Crippen LogP contribution in [0.5, 0.6) is 0 Å². The van der Waals surface area contributed by atoms with Crippen LogP contribution >= 0.6 is 11.3 Å². The Bertz CT molecular complexity index is 1350. The van der Waals surface area contributed by atoms with Gasteiger partial charge in [0.15, 0.2) is 0 Å². The van der Waals surface area contributed by atoms with Gasteiger partial charge in [-0.2, -0.15) is 0 Å². The topological polar surface area (TPSA) is 0 Å². The average Bonchev–Trinajstić information content (AvgIpc) is 3.13. The Hall–Kier alpha value is -2.64. The van der Waals surface area contributed by atoms with Crippen LogP contribution in [0, 0.1) is 13.8 Å². The summed E-state index contributed by atoms with van der Waals surface area (Å²) >= 11 is 1.93. The standard InChI is InChI=1S/C25H20S.2C2H6/c1-4-9-22-16(3)23-15(2)14-21-19-12-6-5-10-17(19)18-11-7-8-13-20(18)24(21)25(23)26-22;2*1-2/h4-14H,1-3H3;2*1-2H3/b9-4-;;. The van der Waals surface area contributed by atoms with E-state index in [2.05, 4.69) is 87.5 Å². The Morgan fingerprint density at radius 2 is 1.17 bits per heavy atom. The molecule has 1 aromatic heterocycles. The minimum Gasteiger partial charge on any atom is -0.135 e. The van der Waals surface area contributed by atoms with Crippen LogP contribution in [0.1, 0.15) is 50.6 Å². The number of thiophene rings is 1. The highest BCUT2D eigenvalue weighted by Crippen LogP contribution is 2.44. The van der Waals surface area contributed by atoms with Gasteiger partial charge in [0.25, 0.3) is 0 Å². The van der Waals surface area contributed by atoms with Gasteiger partial charge in [0.05, 0.1) is 0 Å². The lowest BCUT2D eigenvalue weighted by atomic mass is 9.91. The van der Waals surface area contributed by atoms with Crippen molar-refractivity contribution in [1.29, 1.82) is 0 Å². The lowest BCUT2D eigenvalue weighted by molar-refractivity contribution is 1.50. The minimum absolute atomic E-state index is 1.34. The maximum atomic E-state index is 2.39. The van der Waals surface area contributed by atoms with Crippen molar-refractivity contribution in [3.8, 4) is 0 Å². The number of fused-ring (bicyclic) bond motifs is 8. The number of aryl methyl sites for hydroxylation is 2. The minimum atomic E-state index is 1.34. The molecular weight excluding hydrogens is 380 g/mol. The maximum absolute atomic E-state index is 2.39. The lowest BCUT2D eigenvalue weighted by Crippen LogP contribution is -1.86.